The Labute approximate surface area is 162 Å². The fraction of sp³-hybridized carbons (Fsp3) is 0.300. The van der Waals surface area contributed by atoms with E-state index in [1.54, 1.807) is 4.90 Å². The Morgan fingerprint density at radius 3 is 2.68 bits per heavy atom. The summed E-state index contributed by atoms with van der Waals surface area (Å²) in [6, 6.07) is 13.7. The van der Waals surface area contributed by atoms with Crippen molar-refractivity contribution in [3.63, 3.8) is 0 Å². The Morgan fingerprint density at radius 1 is 1.25 bits per heavy atom. The smallest absolute Gasteiger partial charge is 0.311 e. The first kappa shape index (κ1) is 19.3. The Balaban J connectivity index is 1.65. The number of carbonyl (C=O) groups is 2. The van der Waals surface area contributed by atoms with Crippen LogP contribution in [0.2, 0.25) is 0 Å². The minimum Gasteiger partial charge on any atom is -0.490 e. The van der Waals surface area contributed by atoms with Gasteiger partial charge in [0.25, 0.3) is 5.91 Å². The molecule has 28 heavy (non-hydrogen) atoms. The molecule has 1 atom stereocenters. The van der Waals surface area contributed by atoms with Crippen LogP contribution in [0.3, 0.4) is 0 Å². The average Bonchev–Trinajstić information content (AvgIpc) is 3.22. The van der Waals surface area contributed by atoms with Crippen molar-refractivity contribution in [3.8, 4) is 5.75 Å². The van der Waals surface area contributed by atoms with E-state index < -0.39 is 10.8 Å². The maximum atomic E-state index is 12.6. The second-order valence-corrected chi connectivity index (χ2v) is 6.48. The summed E-state index contributed by atoms with van der Waals surface area (Å²) in [7, 11) is 1.32. The highest BCUT2D eigenvalue weighted by molar-refractivity contribution is 5.97. The largest absolute Gasteiger partial charge is 0.490 e. The topological polar surface area (TPSA) is 102 Å². The number of carbonyl (C=O) groups excluding carboxylic acids is 2. The molecule has 0 aliphatic carbocycles. The minimum absolute atomic E-state index is 0.00711. The first-order valence-electron chi connectivity index (χ1n) is 8.96. The molecular formula is C20H21N3O5. The van der Waals surface area contributed by atoms with Gasteiger partial charge in [-0.1, -0.05) is 30.3 Å². The van der Waals surface area contributed by atoms with Crippen molar-refractivity contribution in [3.05, 3.63) is 69.8 Å². The predicted octanol–water partition coefficient (Wildman–Crippen LogP) is 2.70. The summed E-state index contributed by atoms with van der Waals surface area (Å²) >= 11 is 0. The normalized spacial score (nSPS) is 15.9. The zero-order valence-electron chi connectivity index (χ0n) is 15.5. The van der Waals surface area contributed by atoms with Gasteiger partial charge in [-0.15, -0.1) is 0 Å². The number of rotatable bonds is 6. The second-order valence-electron chi connectivity index (χ2n) is 6.48. The van der Waals surface area contributed by atoms with E-state index in [0.717, 1.165) is 24.5 Å². The molecule has 2 aromatic carbocycles. The van der Waals surface area contributed by atoms with Crippen LogP contribution in [0.25, 0.3) is 0 Å². The summed E-state index contributed by atoms with van der Waals surface area (Å²) in [6.45, 7) is 0.476. The van der Waals surface area contributed by atoms with Crippen LogP contribution in [0.4, 0.5) is 5.69 Å². The number of nitrogens with one attached hydrogen (secondary N) is 1. The molecule has 8 nitrogen and oxygen atoms in total. The molecule has 1 saturated heterocycles. The fourth-order valence-electron chi connectivity index (χ4n) is 3.42. The van der Waals surface area contributed by atoms with Crippen molar-refractivity contribution in [1.82, 2.24) is 10.2 Å². The Bertz CT molecular complexity index is 885. The van der Waals surface area contributed by atoms with E-state index in [1.807, 2.05) is 30.3 Å². The number of likely N-dealkylation sites (tertiary alicyclic amines) is 1. The van der Waals surface area contributed by atoms with Gasteiger partial charge in [0, 0.05) is 18.2 Å². The number of ether oxygens (including phenoxy) is 1. The van der Waals surface area contributed by atoms with E-state index >= 15 is 0 Å². The molecular weight excluding hydrogens is 362 g/mol. The molecule has 0 saturated carbocycles. The summed E-state index contributed by atoms with van der Waals surface area (Å²) in [5.41, 5.74) is 0.872. The number of nitro benzene ring substituents is 1. The molecule has 2 aromatic rings. The van der Waals surface area contributed by atoms with Crippen molar-refractivity contribution in [2.75, 3.05) is 20.2 Å². The third-order valence-corrected chi connectivity index (χ3v) is 4.80. The van der Waals surface area contributed by atoms with E-state index in [4.69, 9.17) is 4.74 Å². The van der Waals surface area contributed by atoms with Crippen molar-refractivity contribution in [1.29, 1.82) is 0 Å². The quantitative estimate of drug-likeness (QED) is 0.610. The van der Waals surface area contributed by atoms with E-state index in [9.17, 15) is 19.7 Å². The van der Waals surface area contributed by atoms with Crippen molar-refractivity contribution >= 4 is 17.5 Å². The lowest BCUT2D eigenvalue weighted by Crippen LogP contribution is -2.39. The molecule has 1 aliphatic heterocycles. The van der Waals surface area contributed by atoms with Crippen LogP contribution in [0.15, 0.2) is 48.5 Å². The van der Waals surface area contributed by atoms with Gasteiger partial charge in [-0.25, -0.2) is 0 Å². The number of benzene rings is 2. The first-order valence-corrected chi connectivity index (χ1v) is 8.96. The lowest BCUT2D eigenvalue weighted by atomic mass is 10.0. The Hall–Kier alpha value is -3.42. The Kier molecular flexibility index (Phi) is 5.88. The lowest BCUT2D eigenvalue weighted by molar-refractivity contribution is -0.385. The highest BCUT2D eigenvalue weighted by Gasteiger charge is 2.30. The SMILES string of the molecule is COc1ccc(C(=O)NCC(=O)N2CCC[C@H]2c2ccccc2)cc1[N+](=O)[O-]. The lowest BCUT2D eigenvalue weighted by Gasteiger charge is -2.25. The maximum Gasteiger partial charge on any atom is 0.311 e. The van der Waals surface area contributed by atoms with E-state index in [2.05, 4.69) is 5.32 Å². The molecule has 0 bridgehead atoms. The molecule has 3 rings (SSSR count). The molecule has 1 N–H and O–H groups in total. The van der Waals surface area contributed by atoms with Crippen molar-refractivity contribution in [2.24, 2.45) is 0 Å². The van der Waals surface area contributed by atoms with Gasteiger partial charge in [-0.3, -0.25) is 19.7 Å². The van der Waals surface area contributed by atoms with Gasteiger partial charge in [-0.05, 0) is 30.5 Å². The maximum absolute atomic E-state index is 12.6. The molecule has 1 heterocycles. The second kappa shape index (κ2) is 8.51. The molecule has 146 valence electrons. The van der Waals surface area contributed by atoms with Crippen molar-refractivity contribution in [2.45, 2.75) is 18.9 Å². The predicted molar refractivity (Wildman–Crippen MR) is 102 cm³/mol. The van der Waals surface area contributed by atoms with Gasteiger partial charge in [-0.2, -0.15) is 0 Å². The number of methoxy groups -OCH3 is 1. The zero-order chi connectivity index (χ0) is 20.1. The molecule has 0 aromatic heterocycles. The van der Waals surface area contributed by atoms with Gasteiger partial charge >= 0.3 is 5.69 Å². The summed E-state index contributed by atoms with van der Waals surface area (Å²) in [6.07, 6.45) is 1.79. The van der Waals surface area contributed by atoms with Crippen LogP contribution in [0, 0.1) is 10.1 Å². The zero-order valence-corrected chi connectivity index (χ0v) is 15.5. The summed E-state index contributed by atoms with van der Waals surface area (Å²) in [5, 5.41) is 13.7. The first-order chi connectivity index (χ1) is 13.5. The number of amides is 2. The standard InChI is InChI=1S/C20H21N3O5/c1-28-18-10-9-15(12-17(18)23(26)27)20(25)21-13-19(24)22-11-5-8-16(22)14-6-3-2-4-7-14/h2-4,6-7,9-10,12,16H,5,8,11,13H2,1H3,(H,21,25)/t16-/m0/s1. The molecule has 0 radical (unpaired) electrons. The highest BCUT2D eigenvalue weighted by atomic mass is 16.6. The van der Waals surface area contributed by atoms with Crippen LogP contribution < -0.4 is 10.1 Å². The van der Waals surface area contributed by atoms with Gasteiger partial charge < -0.3 is 15.0 Å². The van der Waals surface area contributed by atoms with Gasteiger partial charge in [0.15, 0.2) is 5.75 Å². The van der Waals surface area contributed by atoms with Crippen LogP contribution in [-0.4, -0.2) is 41.8 Å². The van der Waals surface area contributed by atoms with Gasteiger partial charge in [0.1, 0.15) is 0 Å². The molecule has 2 amide bonds. The molecule has 1 aliphatic rings. The number of hydrogen-bond acceptors (Lipinski definition) is 5. The third kappa shape index (κ3) is 4.11. The molecule has 0 unspecified atom stereocenters. The summed E-state index contributed by atoms with van der Waals surface area (Å²) < 4.78 is 4.93. The van der Waals surface area contributed by atoms with E-state index in [0.29, 0.717) is 6.54 Å². The number of nitro groups is 1. The number of hydrogen-bond donors (Lipinski definition) is 1. The van der Waals surface area contributed by atoms with Crippen LogP contribution in [-0.2, 0) is 4.79 Å². The van der Waals surface area contributed by atoms with Crippen molar-refractivity contribution < 1.29 is 19.2 Å². The van der Waals surface area contributed by atoms with E-state index in [-0.39, 0.29) is 35.5 Å². The van der Waals surface area contributed by atoms with Crippen LogP contribution in [0.5, 0.6) is 5.75 Å². The summed E-state index contributed by atoms with van der Waals surface area (Å²) in [4.78, 5) is 37.2. The molecule has 0 spiro atoms. The monoisotopic (exact) mass is 383 g/mol. The highest BCUT2D eigenvalue weighted by Crippen LogP contribution is 2.31. The van der Waals surface area contributed by atoms with Gasteiger partial charge in [0.05, 0.1) is 24.6 Å². The fourth-order valence-corrected chi connectivity index (χ4v) is 3.42. The van der Waals surface area contributed by atoms with Gasteiger partial charge in [0.2, 0.25) is 5.91 Å². The minimum atomic E-state index is -0.616. The molecule has 1 fully saturated rings. The number of nitrogens with zero attached hydrogens (tertiary/aromatic N) is 2. The van der Waals surface area contributed by atoms with Crippen LogP contribution in [0.1, 0.15) is 34.8 Å². The average molecular weight is 383 g/mol. The summed E-state index contributed by atoms with van der Waals surface area (Å²) in [5.74, 6) is -0.655. The van der Waals surface area contributed by atoms with Crippen LogP contribution >= 0.6 is 0 Å². The van der Waals surface area contributed by atoms with E-state index in [1.165, 1.54) is 19.2 Å². The Morgan fingerprint density at radius 2 is 2.00 bits per heavy atom. The third-order valence-electron chi connectivity index (χ3n) is 4.80. The molecule has 8 heteroatoms.